The van der Waals surface area contributed by atoms with E-state index in [4.69, 9.17) is 4.74 Å². The molecule has 106 valence electrons. The number of rotatable bonds is 2. The first-order valence-electron chi connectivity index (χ1n) is 7.47. The number of ether oxygens (including phenoxy) is 1. The minimum absolute atomic E-state index is 0.0510. The Hall–Kier alpha value is -1.24. The number of likely N-dealkylation sites (tertiary alicyclic amines) is 1. The molecule has 2 atom stereocenters. The second kappa shape index (κ2) is 6.27. The third-order valence-electron chi connectivity index (χ3n) is 4.52. The third-order valence-corrected chi connectivity index (χ3v) is 4.52. The molecule has 0 radical (unpaired) electrons. The Balaban J connectivity index is 1.88. The van der Waals surface area contributed by atoms with E-state index in [2.05, 4.69) is 19.9 Å². The molecule has 0 N–H and O–H groups in total. The Morgan fingerprint density at radius 1 is 1.32 bits per heavy atom. The highest BCUT2D eigenvalue weighted by atomic mass is 16.6. The van der Waals surface area contributed by atoms with Crippen molar-refractivity contribution in [2.45, 2.75) is 52.1 Å². The highest BCUT2D eigenvalue weighted by molar-refractivity contribution is 5.68. The maximum atomic E-state index is 12.1. The molecule has 1 aliphatic carbocycles. The van der Waals surface area contributed by atoms with E-state index in [0.717, 1.165) is 38.6 Å². The van der Waals surface area contributed by atoms with Crippen molar-refractivity contribution in [2.75, 3.05) is 13.1 Å². The Morgan fingerprint density at radius 3 is 2.58 bits per heavy atom. The first-order valence-corrected chi connectivity index (χ1v) is 7.47. The molecule has 4 nitrogen and oxygen atoms in total. The van der Waals surface area contributed by atoms with Crippen molar-refractivity contribution in [3.05, 3.63) is 0 Å². The third kappa shape index (κ3) is 3.40. The molecule has 2 aliphatic rings. The molecule has 4 heteroatoms. The summed E-state index contributed by atoms with van der Waals surface area (Å²) in [5, 5.41) is 9.27. The molecule has 0 aromatic rings. The van der Waals surface area contributed by atoms with Crippen molar-refractivity contribution in [1.82, 2.24) is 4.90 Å². The van der Waals surface area contributed by atoms with Crippen LogP contribution in [0.4, 0.5) is 4.79 Å². The first-order chi connectivity index (χ1) is 9.11. The maximum Gasteiger partial charge on any atom is 0.410 e. The van der Waals surface area contributed by atoms with Crippen molar-refractivity contribution >= 4 is 6.09 Å². The average molecular weight is 264 g/mol. The minimum atomic E-state index is -0.214. The van der Waals surface area contributed by atoms with Gasteiger partial charge in [0.25, 0.3) is 0 Å². The predicted molar refractivity (Wildman–Crippen MR) is 72.4 cm³/mol. The number of nitriles is 1. The monoisotopic (exact) mass is 264 g/mol. The second-order valence-corrected chi connectivity index (χ2v) is 6.17. The van der Waals surface area contributed by atoms with Gasteiger partial charge in [-0.15, -0.1) is 0 Å². The molecule has 1 saturated heterocycles. The average Bonchev–Trinajstić information content (AvgIpc) is 2.90. The van der Waals surface area contributed by atoms with Crippen LogP contribution in [0.3, 0.4) is 0 Å². The molecule has 2 rings (SSSR count). The highest BCUT2D eigenvalue weighted by Gasteiger charge is 2.34. The van der Waals surface area contributed by atoms with Crippen LogP contribution in [-0.4, -0.2) is 30.2 Å². The lowest BCUT2D eigenvalue weighted by atomic mass is 9.79. The van der Waals surface area contributed by atoms with Crippen LogP contribution in [0.15, 0.2) is 0 Å². The standard InChI is InChI=1S/C15H24N2O2/c1-11(2)14-7-8-17(10-12(14)9-16)15(18)19-13-5-3-4-6-13/h11-14H,3-8,10H2,1-2H3. The molecule has 1 saturated carbocycles. The van der Waals surface area contributed by atoms with Crippen molar-refractivity contribution in [3.63, 3.8) is 0 Å². The van der Waals surface area contributed by atoms with Gasteiger partial charge >= 0.3 is 6.09 Å². The summed E-state index contributed by atoms with van der Waals surface area (Å²) in [4.78, 5) is 13.8. The molecule has 0 aromatic heterocycles. The number of nitrogens with zero attached hydrogens (tertiary/aromatic N) is 2. The fourth-order valence-corrected chi connectivity index (χ4v) is 3.29. The first kappa shape index (κ1) is 14.2. The molecule has 1 aliphatic heterocycles. The zero-order chi connectivity index (χ0) is 13.8. The summed E-state index contributed by atoms with van der Waals surface area (Å²) in [7, 11) is 0. The van der Waals surface area contributed by atoms with E-state index in [-0.39, 0.29) is 18.1 Å². The molecule has 1 amide bonds. The Labute approximate surface area is 115 Å². The molecule has 0 bridgehead atoms. The fourth-order valence-electron chi connectivity index (χ4n) is 3.29. The van der Waals surface area contributed by atoms with Crippen LogP contribution >= 0.6 is 0 Å². The van der Waals surface area contributed by atoms with Crippen LogP contribution in [-0.2, 0) is 4.74 Å². The summed E-state index contributed by atoms with van der Waals surface area (Å²) in [5.74, 6) is 0.850. The van der Waals surface area contributed by atoms with Crippen LogP contribution in [0.1, 0.15) is 46.0 Å². The largest absolute Gasteiger partial charge is 0.446 e. The molecule has 2 unspecified atom stereocenters. The lowest BCUT2D eigenvalue weighted by molar-refractivity contribution is 0.0439. The zero-order valence-corrected chi connectivity index (χ0v) is 12.0. The van der Waals surface area contributed by atoms with E-state index in [1.54, 1.807) is 4.90 Å². The van der Waals surface area contributed by atoms with Crippen LogP contribution in [0.2, 0.25) is 0 Å². The van der Waals surface area contributed by atoms with Crippen LogP contribution in [0.5, 0.6) is 0 Å². The Morgan fingerprint density at radius 2 is 2.00 bits per heavy atom. The number of hydrogen-bond donors (Lipinski definition) is 0. The molecule has 19 heavy (non-hydrogen) atoms. The van der Waals surface area contributed by atoms with Gasteiger partial charge in [-0.3, -0.25) is 0 Å². The number of carbonyl (C=O) groups is 1. The van der Waals surface area contributed by atoms with Gasteiger partial charge in [0.05, 0.1) is 12.0 Å². The molecular formula is C15H24N2O2. The predicted octanol–water partition coefficient (Wildman–Crippen LogP) is 3.18. The summed E-state index contributed by atoms with van der Waals surface area (Å²) in [5.41, 5.74) is 0. The molecule has 2 fully saturated rings. The van der Waals surface area contributed by atoms with Crippen molar-refractivity contribution in [3.8, 4) is 6.07 Å². The summed E-state index contributed by atoms with van der Waals surface area (Å²) in [6.45, 7) is 5.57. The van der Waals surface area contributed by atoms with Crippen LogP contribution in [0, 0.1) is 29.1 Å². The van der Waals surface area contributed by atoms with Crippen LogP contribution in [0.25, 0.3) is 0 Å². The number of carbonyl (C=O) groups excluding carboxylic acids is 1. The van der Waals surface area contributed by atoms with Crippen molar-refractivity contribution in [1.29, 1.82) is 5.26 Å². The maximum absolute atomic E-state index is 12.1. The van der Waals surface area contributed by atoms with Crippen molar-refractivity contribution in [2.24, 2.45) is 17.8 Å². The van der Waals surface area contributed by atoms with Crippen LogP contribution < -0.4 is 0 Å². The van der Waals surface area contributed by atoms with Crippen molar-refractivity contribution < 1.29 is 9.53 Å². The van der Waals surface area contributed by atoms with E-state index < -0.39 is 0 Å². The Kier molecular flexibility index (Phi) is 4.68. The van der Waals surface area contributed by atoms with E-state index in [9.17, 15) is 10.1 Å². The molecule has 0 spiro atoms. The molecule has 1 heterocycles. The fraction of sp³-hybridized carbons (Fsp3) is 0.867. The number of hydrogen-bond acceptors (Lipinski definition) is 3. The van der Waals surface area contributed by atoms with Gasteiger partial charge in [-0.1, -0.05) is 13.8 Å². The number of piperidine rings is 1. The van der Waals surface area contributed by atoms with E-state index in [1.165, 1.54) is 0 Å². The van der Waals surface area contributed by atoms with Gasteiger partial charge in [0.2, 0.25) is 0 Å². The summed E-state index contributed by atoms with van der Waals surface area (Å²) < 4.78 is 5.52. The van der Waals surface area contributed by atoms with Gasteiger partial charge < -0.3 is 9.64 Å². The SMILES string of the molecule is CC(C)C1CCN(C(=O)OC2CCCC2)CC1C#N. The second-order valence-electron chi connectivity index (χ2n) is 6.17. The van der Waals surface area contributed by atoms with Gasteiger partial charge in [-0.25, -0.2) is 4.79 Å². The van der Waals surface area contributed by atoms with E-state index in [0.29, 0.717) is 18.4 Å². The smallest absolute Gasteiger partial charge is 0.410 e. The zero-order valence-electron chi connectivity index (χ0n) is 12.0. The number of amides is 1. The normalized spacial score (nSPS) is 28.4. The minimum Gasteiger partial charge on any atom is -0.446 e. The molecule has 0 aromatic carbocycles. The summed E-state index contributed by atoms with van der Waals surface area (Å²) in [6, 6.07) is 2.36. The van der Waals surface area contributed by atoms with Gasteiger partial charge in [0, 0.05) is 13.1 Å². The van der Waals surface area contributed by atoms with E-state index in [1.807, 2.05) is 0 Å². The quantitative estimate of drug-likeness (QED) is 0.769. The van der Waals surface area contributed by atoms with Gasteiger partial charge in [-0.05, 0) is 43.9 Å². The lowest BCUT2D eigenvalue weighted by Crippen LogP contribution is -2.45. The summed E-state index contributed by atoms with van der Waals surface area (Å²) in [6.07, 6.45) is 5.12. The van der Waals surface area contributed by atoms with Gasteiger partial charge in [-0.2, -0.15) is 5.26 Å². The topological polar surface area (TPSA) is 53.3 Å². The lowest BCUT2D eigenvalue weighted by Gasteiger charge is -2.37. The highest BCUT2D eigenvalue weighted by Crippen LogP contribution is 2.30. The van der Waals surface area contributed by atoms with E-state index >= 15 is 0 Å². The summed E-state index contributed by atoms with van der Waals surface area (Å²) >= 11 is 0. The molecular weight excluding hydrogens is 240 g/mol. The Bertz CT molecular complexity index is 356. The van der Waals surface area contributed by atoms with Gasteiger partial charge in [0.15, 0.2) is 0 Å². The van der Waals surface area contributed by atoms with Gasteiger partial charge in [0.1, 0.15) is 6.10 Å².